The number of phenols is 1. The Hall–Kier alpha value is -1.11. The number of carbonyl (C=O) groups excluding carboxylic acids is 1. The van der Waals surface area contributed by atoms with Gasteiger partial charge in [0.2, 0.25) is 0 Å². The van der Waals surface area contributed by atoms with Crippen LogP contribution in [0.2, 0.25) is 0 Å². The Kier molecular flexibility index (Phi) is 4.67. The van der Waals surface area contributed by atoms with Crippen molar-refractivity contribution in [2.45, 2.75) is 31.1 Å². The van der Waals surface area contributed by atoms with Crippen LogP contribution in [0.4, 0.5) is 0 Å². The first-order valence-corrected chi connectivity index (χ1v) is 7.22. The lowest BCUT2D eigenvalue weighted by molar-refractivity contribution is -0.0156. The molecule has 6 heteroatoms. The third-order valence-corrected chi connectivity index (χ3v) is 4.50. The lowest BCUT2D eigenvalue weighted by Crippen LogP contribution is -2.44. The molecular weight excluding hydrogens is 326 g/mol. The monoisotopic (exact) mass is 343 g/mol. The van der Waals surface area contributed by atoms with Crippen LogP contribution in [0.15, 0.2) is 22.7 Å². The number of hydrogen-bond donors (Lipinski definition) is 2. The van der Waals surface area contributed by atoms with Gasteiger partial charge >= 0.3 is 0 Å². The Morgan fingerprint density at radius 2 is 2.15 bits per heavy atom. The third kappa shape index (κ3) is 2.68. The quantitative estimate of drug-likeness (QED) is 0.877. The van der Waals surface area contributed by atoms with Crippen molar-refractivity contribution in [3.63, 3.8) is 0 Å². The lowest BCUT2D eigenvalue weighted by atomic mass is 10.1. The second kappa shape index (κ2) is 6.11. The Morgan fingerprint density at radius 1 is 1.45 bits per heavy atom. The molecule has 1 fully saturated rings. The van der Waals surface area contributed by atoms with Crippen LogP contribution in [0.5, 0.6) is 5.75 Å². The average molecular weight is 344 g/mol. The van der Waals surface area contributed by atoms with Gasteiger partial charge in [0.15, 0.2) is 0 Å². The maximum absolute atomic E-state index is 12.4. The summed E-state index contributed by atoms with van der Waals surface area (Å²) in [5.74, 6) is -0.398. The number of aliphatic hydroxyl groups is 1. The molecule has 1 amide bonds. The zero-order valence-electron chi connectivity index (χ0n) is 11.4. The first-order valence-electron chi connectivity index (χ1n) is 6.43. The number of rotatable bonds is 3. The van der Waals surface area contributed by atoms with Gasteiger partial charge in [0, 0.05) is 14.2 Å². The largest absolute Gasteiger partial charge is 0.506 e. The van der Waals surface area contributed by atoms with E-state index in [0.29, 0.717) is 17.3 Å². The van der Waals surface area contributed by atoms with Gasteiger partial charge in [0.1, 0.15) is 11.9 Å². The van der Waals surface area contributed by atoms with Gasteiger partial charge in [-0.15, -0.1) is 0 Å². The molecular formula is C14H18BrNO4. The topological polar surface area (TPSA) is 70.0 Å². The maximum Gasteiger partial charge on any atom is 0.257 e. The number of amides is 1. The van der Waals surface area contributed by atoms with Crippen LogP contribution in [-0.4, -0.2) is 53.4 Å². The van der Waals surface area contributed by atoms with Gasteiger partial charge in [-0.2, -0.15) is 0 Å². The summed E-state index contributed by atoms with van der Waals surface area (Å²) in [4.78, 5) is 13.9. The molecule has 1 aromatic carbocycles. The predicted octanol–water partition coefficient (Wildman–Crippen LogP) is 1.77. The van der Waals surface area contributed by atoms with Gasteiger partial charge in [-0.25, -0.2) is 0 Å². The number of ether oxygens (including phenoxy) is 1. The Morgan fingerprint density at radius 3 is 2.75 bits per heavy atom. The van der Waals surface area contributed by atoms with Gasteiger partial charge in [-0.3, -0.25) is 4.79 Å². The number of phenolic OH excluding ortho intramolecular Hbond substituents is 1. The summed E-state index contributed by atoms with van der Waals surface area (Å²) in [5.41, 5.74) is 0.218. The third-order valence-electron chi connectivity index (χ3n) is 3.86. The molecule has 0 unspecified atom stereocenters. The lowest BCUT2D eigenvalue weighted by Gasteiger charge is -2.28. The summed E-state index contributed by atoms with van der Waals surface area (Å²) in [6, 6.07) is 4.62. The van der Waals surface area contributed by atoms with Crippen LogP contribution < -0.4 is 0 Å². The molecule has 110 valence electrons. The van der Waals surface area contributed by atoms with Gasteiger partial charge < -0.3 is 19.8 Å². The van der Waals surface area contributed by atoms with Crippen LogP contribution in [0.3, 0.4) is 0 Å². The van der Waals surface area contributed by atoms with Gasteiger partial charge in [-0.05, 0) is 40.9 Å². The smallest absolute Gasteiger partial charge is 0.257 e. The summed E-state index contributed by atoms with van der Waals surface area (Å²) >= 11 is 3.19. The Labute approximate surface area is 126 Å². The average Bonchev–Trinajstić information content (AvgIpc) is 2.81. The van der Waals surface area contributed by atoms with E-state index in [0.717, 1.165) is 0 Å². The number of likely N-dealkylation sites (N-methyl/N-ethyl adjacent to an activating group) is 1. The number of halogens is 1. The van der Waals surface area contributed by atoms with Crippen LogP contribution >= 0.6 is 15.9 Å². The van der Waals surface area contributed by atoms with Crippen molar-refractivity contribution in [3.05, 3.63) is 28.2 Å². The molecule has 1 aliphatic carbocycles. The first-order chi connectivity index (χ1) is 9.47. The molecule has 1 saturated carbocycles. The highest BCUT2D eigenvalue weighted by Crippen LogP contribution is 2.31. The van der Waals surface area contributed by atoms with Crippen molar-refractivity contribution < 1.29 is 19.7 Å². The second-order valence-electron chi connectivity index (χ2n) is 4.96. The van der Waals surface area contributed by atoms with E-state index in [4.69, 9.17) is 4.74 Å². The highest BCUT2D eigenvalue weighted by molar-refractivity contribution is 9.10. The van der Waals surface area contributed by atoms with E-state index in [1.54, 1.807) is 32.4 Å². The highest BCUT2D eigenvalue weighted by atomic mass is 79.9. The molecule has 0 radical (unpaired) electrons. The summed E-state index contributed by atoms with van der Waals surface area (Å²) in [6.07, 6.45) is 0.441. The maximum atomic E-state index is 12.4. The standard InChI is InChI=1S/C14H18BrNO4/c1-16(10-6-7-11(20-2)13(10)18)14(19)8-4-3-5-9(15)12(8)17/h3-5,10-11,13,17-18H,6-7H2,1-2H3/t10-,11-,13-/m1/s1. The molecule has 0 bridgehead atoms. The molecule has 0 heterocycles. The van der Waals surface area contributed by atoms with E-state index in [1.807, 2.05) is 0 Å². The highest BCUT2D eigenvalue weighted by Gasteiger charge is 2.39. The van der Waals surface area contributed by atoms with Crippen molar-refractivity contribution in [2.75, 3.05) is 14.2 Å². The molecule has 0 aliphatic heterocycles. The zero-order chi connectivity index (χ0) is 14.9. The summed E-state index contributed by atoms with van der Waals surface area (Å²) in [6.45, 7) is 0. The predicted molar refractivity (Wildman–Crippen MR) is 77.7 cm³/mol. The van der Waals surface area contributed by atoms with E-state index in [9.17, 15) is 15.0 Å². The molecule has 2 N–H and O–H groups in total. The van der Waals surface area contributed by atoms with Crippen molar-refractivity contribution in [1.29, 1.82) is 0 Å². The fourth-order valence-electron chi connectivity index (χ4n) is 2.63. The number of aromatic hydroxyl groups is 1. The molecule has 2 rings (SSSR count). The number of para-hydroxylation sites is 1. The summed E-state index contributed by atoms with van der Waals surface area (Å²) in [7, 11) is 3.19. The normalized spacial score (nSPS) is 25.7. The van der Waals surface area contributed by atoms with Crippen molar-refractivity contribution in [3.8, 4) is 5.75 Å². The molecule has 5 nitrogen and oxygen atoms in total. The molecule has 1 aliphatic rings. The minimum absolute atomic E-state index is 0.0832. The number of methoxy groups -OCH3 is 1. The van der Waals surface area contributed by atoms with Crippen LogP contribution in [-0.2, 0) is 4.74 Å². The Bertz CT molecular complexity index is 508. The second-order valence-corrected chi connectivity index (χ2v) is 5.82. The van der Waals surface area contributed by atoms with E-state index in [-0.39, 0.29) is 29.4 Å². The summed E-state index contributed by atoms with van der Waals surface area (Å²) < 4.78 is 5.66. The van der Waals surface area contributed by atoms with E-state index in [1.165, 1.54) is 4.90 Å². The first kappa shape index (κ1) is 15.3. The minimum atomic E-state index is -0.705. The number of benzene rings is 1. The molecule has 0 saturated heterocycles. The van der Waals surface area contributed by atoms with E-state index in [2.05, 4.69) is 15.9 Å². The molecule has 3 atom stereocenters. The van der Waals surface area contributed by atoms with Crippen molar-refractivity contribution in [1.82, 2.24) is 4.90 Å². The molecule has 0 aromatic heterocycles. The molecule has 0 spiro atoms. The Balaban J connectivity index is 2.19. The van der Waals surface area contributed by atoms with E-state index < -0.39 is 6.10 Å². The van der Waals surface area contributed by atoms with Gasteiger partial charge in [0.05, 0.1) is 22.2 Å². The molecule has 20 heavy (non-hydrogen) atoms. The fraction of sp³-hybridized carbons (Fsp3) is 0.500. The fourth-order valence-corrected chi connectivity index (χ4v) is 3.00. The number of carbonyl (C=O) groups is 1. The van der Waals surface area contributed by atoms with Crippen LogP contribution in [0.1, 0.15) is 23.2 Å². The number of nitrogens with zero attached hydrogens (tertiary/aromatic N) is 1. The minimum Gasteiger partial charge on any atom is -0.506 e. The van der Waals surface area contributed by atoms with Gasteiger partial charge in [-0.1, -0.05) is 6.07 Å². The zero-order valence-corrected chi connectivity index (χ0v) is 13.0. The van der Waals surface area contributed by atoms with Crippen LogP contribution in [0, 0.1) is 0 Å². The SMILES string of the molecule is CO[C@@H]1CC[C@@H](N(C)C(=O)c2cccc(Br)c2O)[C@H]1O. The van der Waals surface area contributed by atoms with Crippen molar-refractivity contribution in [2.24, 2.45) is 0 Å². The molecule has 1 aromatic rings. The van der Waals surface area contributed by atoms with Crippen molar-refractivity contribution >= 4 is 21.8 Å². The number of aliphatic hydroxyl groups excluding tert-OH is 1. The number of hydrogen-bond acceptors (Lipinski definition) is 4. The summed E-state index contributed by atoms with van der Waals surface area (Å²) in [5, 5.41) is 20.1. The van der Waals surface area contributed by atoms with Crippen LogP contribution in [0.25, 0.3) is 0 Å². The van der Waals surface area contributed by atoms with Gasteiger partial charge in [0.25, 0.3) is 5.91 Å². The van der Waals surface area contributed by atoms with E-state index >= 15 is 0 Å².